The lowest BCUT2D eigenvalue weighted by atomic mass is 9.95. The smallest absolute Gasteiger partial charge is 0.301 e. The molecule has 1 atom stereocenters. The van der Waals surface area contributed by atoms with E-state index in [1.807, 2.05) is 37.3 Å². The van der Waals surface area contributed by atoms with Gasteiger partial charge in [-0.05, 0) is 53.9 Å². The Kier molecular flexibility index (Phi) is 8.04. The van der Waals surface area contributed by atoms with Crippen LogP contribution >= 0.6 is 23.1 Å². The van der Waals surface area contributed by atoms with E-state index in [2.05, 4.69) is 10.2 Å². The standard InChI is InChI=1S/C29H24FN3O4S2/c1-2-15-37-22-10-6-9-20(16-22)24-23(25(34)19-11-13-21(30)14-12-19)26(35)27(36)33(24)28-31-32-29(39-28)38-17-18-7-4-3-5-8-18/h3-14,16,24,34H,2,15,17H2,1H3. The van der Waals surface area contributed by atoms with Gasteiger partial charge in [0.25, 0.3) is 5.78 Å². The maximum atomic E-state index is 13.6. The largest absolute Gasteiger partial charge is 0.507 e. The minimum absolute atomic E-state index is 0.118. The number of rotatable bonds is 9. The van der Waals surface area contributed by atoms with E-state index in [-0.39, 0.29) is 16.3 Å². The molecule has 0 spiro atoms. The van der Waals surface area contributed by atoms with Gasteiger partial charge in [-0.15, -0.1) is 10.2 Å². The van der Waals surface area contributed by atoms with Crippen LogP contribution in [-0.2, 0) is 15.3 Å². The maximum absolute atomic E-state index is 13.6. The van der Waals surface area contributed by atoms with Gasteiger partial charge in [-0.2, -0.15) is 0 Å². The van der Waals surface area contributed by atoms with Crippen LogP contribution in [0.2, 0.25) is 0 Å². The highest BCUT2D eigenvalue weighted by Crippen LogP contribution is 2.44. The number of nitrogens with zero attached hydrogens (tertiary/aromatic N) is 3. The van der Waals surface area contributed by atoms with Crippen LogP contribution < -0.4 is 9.64 Å². The van der Waals surface area contributed by atoms with Crippen molar-refractivity contribution in [3.63, 3.8) is 0 Å². The summed E-state index contributed by atoms with van der Waals surface area (Å²) in [6.07, 6.45) is 0.807. The summed E-state index contributed by atoms with van der Waals surface area (Å²) in [4.78, 5) is 28.0. The van der Waals surface area contributed by atoms with E-state index in [1.54, 1.807) is 24.3 Å². The van der Waals surface area contributed by atoms with Crippen molar-refractivity contribution in [1.29, 1.82) is 0 Å². The lowest BCUT2D eigenvalue weighted by molar-refractivity contribution is -0.132. The Morgan fingerprint density at radius 1 is 1.05 bits per heavy atom. The highest BCUT2D eigenvalue weighted by Gasteiger charge is 2.48. The number of carbonyl (C=O) groups excluding carboxylic acids is 2. The Hall–Kier alpha value is -4.02. The minimum atomic E-state index is -0.986. The zero-order valence-corrected chi connectivity index (χ0v) is 22.5. The van der Waals surface area contributed by atoms with Crippen molar-refractivity contribution < 1.29 is 23.8 Å². The molecule has 1 unspecified atom stereocenters. The highest BCUT2D eigenvalue weighted by atomic mass is 32.2. The van der Waals surface area contributed by atoms with Crippen molar-refractivity contribution in [3.8, 4) is 5.75 Å². The molecule has 0 saturated carbocycles. The molecule has 1 fully saturated rings. The molecule has 7 nitrogen and oxygen atoms in total. The summed E-state index contributed by atoms with van der Waals surface area (Å²) in [6, 6.07) is 21.0. The molecule has 1 aliphatic rings. The molecule has 10 heteroatoms. The fourth-order valence-corrected chi connectivity index (χ4v) is 6.00. The molecule has 0 radical (unpaired) electrons. The van der Waals surface area contributed by atoms with Crippen LogP contribution in [0.5, 0.6) is 5.75 Å². The number of ether oxygens (including phenoxy) is 1. The fraction of sp³-hybridized carbons (Fsp3) is 0.172. The molecule has 5 rings (SSSR count). The number of benzene rings is 3. The van der Waals surface area contributed by atoms with Gasteiger partial charge in [-0.25, -0.2) is 4.39 Å². The van der Waals surface area contributed by atoms with E-state index in [1.165, 1.54) is 52.3 Å². The second-order valence-corrected chi connectivity index (χ2v) is 10.9. The van der Waals surface area contributed by atoms with Crippen molar-refractivity contribution in [2.75, 3.05) is 11.5 Å². The van der Waals surface area contributed by atoms with Gasteiger partial charge in [-0.1, -0.05) is 72.5 Å². The summed E-state index contributed by atoms with van der Waals surface area (Å²) in [5.41, 5.74) is 1.77. The van der Waals surface area contributed by atoms with Gasteiger partial charge in [0.1, 0.15) is 17.3 Å². The number of anilines is 1. The molecule has 1 aliphatic heterocycles. The van der Waals surface area contributed by atoms with Crippen molar-refractivity contribution >= 4 is 45.7 Å². The van der Waals surface area contributed by atoms with Gasteiger partial charge in [0.05, 0.1) is 18.2 Å². The van der Waals surface area contributed by atoms with E-state index >= 15 is 0 Å². The number of aliphatic hydroxyl groups is 1. The number of hydrogen-bond donors (Lipinski definition) is 1. The molecule has 198 valence electrons. The van der Waals surface area contributed by atoms with E-state index in [0.29, 0.717) is 28.0 Å². The summed E-state index contributed by atoms with van der Waals surface area (Å²) in [6.45, 7) is 2.49. The lowest BCUT2D eigenvalue weighted by Crippen LogP contribution is -2.29. The van der Waals surface area contributed by atoms with Crippen LogP contribution in [0.1, 0.15) is 36.1 Å². The molecule has 0 aliphatic carbocycles. The summed E-state index contributed by atoms with van der Waals surface area (Å²) >= 11 is 2.67. The van der Waals surface area contributed by atoms with E-state index in [0.717, 1.165) is 12.0 Å². The van der Waals surface area contributed by atoms with Crippen LogP contribution in [-0.4, -0.2) is 33.6 Å². The molecular formula is C29H24FN3O4S2. The zero-order valence-electron chi connectivity index (χ0n) is 20.9. The van der Waals surface area contributed by atoms with Crippen molar-refractivity contribution in [1.82, 2.24) is 10.2 Å². The van der Waals surface area contributed by atoms with Crippen LogP contribution in [0.3, 0.4) is 0 Å². The number of aromatic nitrogens is 2. The third-order valence-corrected chi connectivity index (χ3v) is 8.14. The van der Waals surface area contributed by atoms with Gasteiger partial charge >= 0.3 is 5.91 Å². The molecule has 0 bridgehead atoms. The molecule has 2 heterocycles. The Bertz CT molecular complexity index is 1520. The van der Waals surface area contributed by atoms with Crippen LogP contribution in [0.15, 0.2) is 88.8 Å². The average molecular weight is 562 g/mol. The molecule has 1 aromatic heterocycles. The van der Waals surface area contributed by atoms with Gasteiger partial charge in [-0.3, -0.25) is 14.5 Å². The van der Waals surface area contributed by atoms with Crippen LogP contribution in [0, 0.1) is 5.82 Å². The van der Waals surface area contributed by atoms with Crippen LogP contribution in [0.4, 0.5) is 9.52 Å². The number of amides is 1. The van der Waals surface area contributed by atoms with Crippen molar-refractivity contribution in [2.45, 2.75) is 29.5 Å². The molecular weight excluding hydrogens is 537 g/mol. The monoisotopic (exact) mass is 561 g/mol. The molecule has 4 aromatic rings. The van der Waals surface area contributed by atoms with Crippen LogP contribution in [0.25, 0.3) is 5.76 Å². The van der Waals surface area contributed by atoms with Gasteiger partial charge in [0, 0.05) is 11.3 Å². The first-order chi connectivity index (χ1) is 19.0. The van der Waals surface area contributed by atoms with Gasteiger partial charge in [0.15, 0.2) is 4.34 Å². The Morgan fingerprint density at radius 3 is 2.56 bits per heavy atom. The normalized spacial score (nSPS) is 16.6. The number of Topliss-reactive ketones (excluding diaryl/α,β-unsaturated/α-hetero) is 1. The lowest BCUT2D eigenvalue weighted by Gasteiger charge is -2.23. The highest BCUT2D eigenvalue weighted by molar-refractivity contribution is 8.00. The predicted octanol–water partition coefficient (Wildman–Crippen LogP) is 6.38. The first-order valence-electron chi connectivity index (χ1n) is 12.3. The molecule has 1 N–H and O–H groups in total. The third-order valence-electron chi connectivity index (χ3n) is 6.02. The number of aliphatic hydroxyl groups excluding tert-OH is 1. The molecule has 39 heavy (non-hydrogen) atoms. The molecule has 1 amide bonds. The summed E-state index contributed by atoms with van der Waals surface area (Å²) < 4.78 is 20.0. The number of hydrogen-bond acceptors (Lipinski definition) is 8. The van der Waals surface area contributed by atoms with E-state index in [9.17, 15) is 19.1 Å². The Labute approximate surface area is 233 Å². The number of ketones is 1. The SMILES string of the molecule is CCCOc1cccc(C2C(=C(O)c3ccc(F)cc3)C(=O)C(=O)N2c2nnc(SCc3ccccc3)s2)c1. The third kappa shape index (κ3) is 5.71. The second kappa shape index (κ2) is 11.8. The molecule has 1 saturated heterocycles. The number of carbonyl (C=O) groups is 2. The first kappa shape index (κ1) is 26.6. The predicted molar refractivity (Wildman–Crippen MR) is 149 cm³/mol. The van der Waals surface area contributed by atoms with E-state index < -0.39 is 29.3 Å². The number of thioether (sulfide) groups is 1. The molecule has 3 aromatic carbocycles. The Balaban J connectivity index is 1.56. The summed E-state index contributed by atoms with van der Waals surface area (Å²) in [5, 5.41) is 19.9. The maximum Gasteiger partial charge on any atom is 0.301 e. The van der Waals surface area contributed by atoms with Crippen molar-refractivity contribution in [2.24, 2.45) is 0 Å². The average Bonchev–Trinajstić information content (AvgIpc) is 3.53. The minimum Gasteiger partial charge on any atom is -0.507 e. The number of halogens is 1. The fourth-order valence-electron chi connectivity index (χ4n) is 4.18. The summed E-state index contributed by atoms with van der Waals surface area (Å²) in [5.74, 6) is -1.35. The van der Waals surface area contributed by atoms with E-state index in [4.69, 9.17) is 4.74 Å². The quantitative estimate of drug-likeness (QED) is 0.0833. The second-order valence-electron chi connectivity index (χ2n) is 8.72. The topological polar surface area (TPSA) is 92.6 Å². The Morgan fingerprint density at radius 2 is 1.82 bits per heavy atom. The van der Waals surface area contributed by atoms with Gasteiger partial charge < -0.3 is 9.84 Å². The first-order valence-corrected chi connectivity index (χ1v) is 14.1. The van der Waals surface area contributed by atoms with Gasteiger partial charge in [0.2, 0.25) is 5.13 Å². The zero-order chi connectivity index (χ0) is 27.4. The summed E-state index contributed by atoms with van der Waals surface area (Å²) in [7, 11) is 0. The van der Waals surface area contributed by atoms with Crippen molar-refractivity contribution in [3.05, 3.63) is 107 Å².